The highest BCUT2D eigenvalue weighted by molar-refractivity contribution is 5.83. The van der Waals surface area contributed by atoms with Crippen molar-refractivity contribution < 1.29 is 42.6 Å². The van der Waals surface area contributed by atoms with Crippen LogP contribution in [0, 0.1) is 5.92 Å². The quantitative estimate of drug-likeness (QED) is 0.521. The standard InChI is InChI=1S/C10H17N3O4.C2HF3O2/c1-5(14)12-8-6(9(15)11-2)4-7(10(16)17)13(8)3;3-2(4,5)1(6)7/h6-8H,4H2,1-3H3,(H,11,15)(H,12,14)(H,16,17);(H,6,7)/t6-,7-,8-;/m1./s1. The highest BCUT2D eigenvalue weighted by atomic mass is 19.4. The van der Waals surface area contributed by atoms with Gasteiger partial charge in [0.2, 0.25) is 11.8 Å². The molecule has 9 nitrogen and oxygen atoms in total. The molecule has 0 aromatic rings. The number of alkyl halides is 3. The SMILES string of the molecule is CNC(=O)[C@@H]1C[C@H](C(=O)O)N(C)[C@H]1NC(C)=O.O=C(O)C(F)(F)F. The molecule has 0 radical (unpaired) electrons. The van der Waals surface area contributed by atoms with Crippen molar-refractivity contribution in [1.29, 1.82) is 0 Å². The molecule has 24 heavy (non-hydrogen) atoms. The molecule has 3 atom stereocenters. The van der Waals surface area contributed by atoms with Gasteiger partial charge in [0.1, 0.15) is 6.04 Å². The molecule has 4 N–H and O–H groups in total. The molecular weight excluding hydrogens is 339 g/mol. The summed E-state index contributed by atoms with van der Waals surface area (Å²) in [5, 5.41) is 21.2. The summed E-state index contributed by atoms with van der Waals surface area (Å²) < 4.78 is 31.7. The van der Waals surface area contributed by atoms with Crippen molar-refractivity contribution in [2.24, 2.45) is 5.92 Å². The Morgan fingerprint density at radius 3 is 1.92 bits per heavy atom. The van der Waals surface area contributed by atoms with Crippen LogP contribution in [0.1, 0.15) is 13.3 Å². The Kier molecular flexibility index (Phi) is 7.64. The molecule has 0 aromatic heterocycles. The largest absolute Gasteiger partial charge is 0.490 e. The van der Waals surface area contributed by atoms with Crippen LogP contribution < -0.4 is 10.6 Å². The van der Waals surface area contributed by atoms with E-state index in [1.165, 1.54) is 18.9 Å². The molecule has 0 spiro atoms. The predicted molar refractivity (Wildman–Crippen MR) is 72.7 cm³/mol. The first kappa shape index (κ1) is 21.6. The first-order valence-corrected chi connectivity index (χ1v) is 6.56. The van der Waals surface area contributed by atoms with E-state index in [9.17, 15) is 27.6 Å². The van der Waals surface area contributed by atoms with Crippen LogP contribution in [0.3, 0.4) is 0 Å². The Morgan fingerprint density at radius 1 is 1.17 bits per heavy atom. The number of nitrogens with one attached hydrogen (secondary N) is 2. The predicted octanol–water partition coefficient (Wildman–Crippen LogP) is -0.767. The molecular formula is C12H18F3N3O6. The summed E-state index contributed by atoms with van der Waals surface area (Å²) in [6.07, 6.45) is -5.47. The summed E-state index contributed by atoms with van der Waals surface area (Å²) in [6.45, 7) is 1.34. The van der Waals surface area contributed by atoms with Crippen molar-refractivity contribution >= 4 is 23.8 Å². The third kappa shape index (κ3) is 6.02. The number of likely N-dealkylation sites (tertiary alicyclic amines) is 1. The van der Waals surface area contributed by atoms with Crippen molar-refractivity contribution in [2.45, 2.75) is 31.7 Å². The van der Waals surface area contributed by atoms with Gasteiger partial charge >= 0.3 is 18.1 Å². The fourth-order valence-corrected chi connectivity index (χ4v) is 2.13. The van der Waals surface area contributed by atoms with Gasteiger partial charge in [-0.05, 0) is 13.5 Å². The van der Waals surface area contributed by atoms with Crippen molar-refractivity contribution in [2.75, 3.05) is 14.1 Å². The zero-order valence-electron chi connectivity index (χ0n) is 13.0. The first-order chi connectivity index (χ1) is 10.8. The first-order valence-electron chi connectivity index (χ1n) is 6.56. The molecule has 0 aliphatic carbocycles. The van der Waals surface area contributed by atoms with Gasteiger partial charge in [-0.1, -0.05) is 0 Å². The van der Waals surface area contributed by atoms with Gasteiger partial charge in [0, 0.05) is 14.0 Å². The minimum absolute atomic E-state index is 0.191. The molecule has 0 saturated carbocycles. The summed E-state index contributed by atoms with van der Waals surface area (Å²) in [5.41, 5.74) is 0. The lowest BCUT2D eigenvalue weighted by molar-refractivity contribution is -0.192. The molecule has 1 saturated heterocycles. The number of carboxylic acids is 2. The summed E-state index contributed by atoms with van der Waals surface area (Å²) in [6, 6.07) is -0.755. The summed E-state index contributed by atoms with van der Waals surface area (Å²) in [4.78, 5) is 44.1. The van der Waals surface area contributed by atoms with Crippen LogP contribution in [0.4, 0.5) is 13.2 Å². The lowest BCUT2D eigenvalue weighted by atomic mass is 10.0. The van der Waals surface area contributed by atoms with E-state index < -0.39 is 36.2 Å². The van der Waals surface area contributed by atoms with Gasteiger partial charge in [0.25, 0.3) is 0 Å². The van der Waals surface area contributed by atoms with Crippen molar-refractivity contribution in [3.8, 4) is 0 Å². The van der Waals surface area contributed by atoms with Gasteiger partial charge in [-0.3, -0.25) is 19.3 Å². The molecule has 0 bridgehead atoms. The molecule has 138 valence electrons. The van der Waals surface area contributed by atoms with Gasteiger partial charge in [-0.25, -0.2) is 4.79 Å². The van der Waals surface area contributed by atoms with E-state index in [0.29, 0.717) is 0 Å². The van der Waals surface area contributed by atoms with Crippen LogP contribution in [0.5, 0.6) is 0 Å². The van der Waals surface area contributed by atoms with Gasteiger partial charge in [-0.15, -0.1) is 0 Å². The van der Waals surface area contributed by atoms with E-state index in [1.807, 2.05) is 0 Å². The van der Waals surface area contributed by atoms with Gasteiger partial charge in [0.15, 0.2) is 0 Å². The number of carbonyl (C=O) groups excluding carboxylic acids is 2. The minimum atomic E-state index is -5.08. The Hall–Kier alpha value is -2.37. The van der Waals surface area contributed by atoms with Gasteiger partial charge in [0.05, 0.1) is 12.1 Å². The number of amides is 2. The summed E-state index contributed by atoms with van der Waals surface area (Å²) in [5.74, 6) is -4.85. The molecule has 1 rings (SSSR count). The maximum absolute atomic E-state index is 11.6. The number of hydrogen-bond acceptors (Lipinski definition) is 5. The molecule has 1 heterocycles. The number of rotatable bonds is 3. The normalized spacial score (nSPS) is 23.7. The van der Waals surface area contributed by atoms with E-state index in [0.717, 1.165) is 0 Å². The number of carbonyl (C=O) groups is 4. The van der Waals surface area contributed by atoms with Crippen molar-refractivity contribution in [3.05, 3.63) is 0 Å². The maximum Gasteiger partial charge on any atom is 0.490 e. The fourth-order valence-electron chi connectivity index (χ4n) is 2.13. The third-order valence-corrected chi connectivity index (χ3v) is 3.25. The van der Waals surface area contributed by atoms with Gasteiger partial charge in [-0.2, -0.15) is 13.2 Å². The highest BCUT2D eigenvalue weighted by Gasteiger charge is 2.46. The van der Waals surface area contributed by atoms with Crippen LogP contribution in [-0.2, 0) is 19.2 Å². The van der Waals surface area contributed by atoms with E-state index in [4.69, 9.17) is 15.0 Å². The Labute approximate surface area is 134 Å². The lowest BCUT2D eigenvalue weighted by Crippen LogP contribution is -2.50. The molecule has 1 aliphatic heterocycles. The molecule has 12 heteroatoms. The number of hydrogen-bond donors (Lipinski definition) is 4. The van der Waals surface area contributed by atoms with Gasteiger partial charge < -0.3 is 20.8 Å². The molecule has 0 unspecified atom stereocenters. The Morgan fingerprint density at radius 2 is 1.62 bits per heavy atom. The maximum atomic E-state index is 11.6. The summed E-state index contributed by atoms with van der Waals surface area (Å²) >= 11 is 0. The molecule has 1 aliphatic rings. The van der Waals surface area contributed by atoms with E-state index in [1.54, 1.807) is 7.05 Å². The number of aliphatic carboxylic acids is 2. The highest BCUT2D eigenvalue weighted by Crippen LogP contribution is 2.27. The van der Waals surface area contributed by atoms with E-state index >= 15 is 0 Å². The van der Waals surface area contributed by atoms with Crippen LogP contribution in [0.2, 0.25) is 0 Å². The Balaban J connectivity index is 0.000000640. The minimum Gasteiger partial charge on any atom is -0.480 e. The van der Waals surface area contributed by atoms with Crippen LogP contribution in [0.15, 0.2) is 0 Å². The average Bonchev–Trinajstić information content (AvgIpc) is 2.75. The monoisotopic (exact) mass is 357 g/mol. The third-order valence-electron chi connectivity index (χ3n) is 3.25. The second-order valence-corrected chi connectivity index (χ2v) is 4.92. The lowest BCUT2D eigenvalue weighted by Gasteiger charge is -2.26. The molecule has 1 fully saturated rings. The van der Waals surface area contributed by atoms with Crippen molar-refractivity contribution in [1.82, 2.24) is 15.5 Å². The van der Waals surface area contributed by atoms with Crippen molar-refractivity contribution in [3.63, 3.8) is 0 Å². The number of halogens is 3. The number of carboxylic acid groups (broad SMARTS) is 2. The zero-order valence-corrected chi connectivity index (χ0v) is 13.0. The Bertz CT molecular complexity index is 511. The van der Waals surface area contributed by atoms with Crippen LogP contribution >= 0.6 is 0 Å². The average molecular weight is 357 g/mol. The topological polar surface area (TPSA) is 136 Å². The summed E-state index contributed by atoms with van der Waals surface area (Å²) in [7, 11) is 3.07. The van der Waals surface area contributed by atoms with E-state index in [2.05, 4.69) is 10.6 Å². The number of nitrogens with zero attached hydrogens (tertiary/aromatic N) is 1. The van der Waals surface area contributed by atoms with Crippen LogP contribution in [0.25, 0.3) is 0 Å². The van der Waals surface area contributed by atoms with Crippen LogP contribution in [-0.4, -0.2) is 71.3 Å². The second kappa shape index (κ2) is 8.47. The fraction of sp³-hybridized carbons (Fsp3) is 0.667. The van der Waals surface area contributed by atoms with E-state index in [-0.39, 0.29) is 18.2 Å². The molecule has 0 aromatic carbocycles. The second-order valence-electron chi connectivity index (χ2n) is 4.92. The number of likely N-dealkylation sites (N-methyl/N-ethyl adjacent to an activating group) is 1. The zero-order chi connectivity index (χ0) is 19.2. The smallest absolute Gasteiger partial charge is 0.480 e. The molecule has 2 amide bonds.